The van der Waals surface area contributed by atoms with Gasteiger partial charge < -0.3 is 19.7 Å². The number of carboxylic acid groups (broad SMARTS) is 2. The number of carbonyl (C=O) groups is 2. The normalized spacial score (nSPS) is 43.2. The van der Waals surface area contributed by atoms with Crippen LogP contribution in [0.4, 0.5) is 0 Å². The standard InChI is InChI=1S/C28H42O9S/c29-26(30)23(7-9-36-24-13-15-11-21(24)19-5-1-3-17(15)19)28(27(31)32,38(33,34)35)8-10-37-25-14-16-12-22(25)20-6-2-4-18(16)20/h15-25H,1-14H2,(H,29,30)(H,31,32)(H,33,34,35). The molecule has 9 nitrogen and oxygen atoms in total. The van der Waals surface area contributed by atoms with Crippen LogP contribution in [0.3, 0.4) is 0 Å². The Kier molecular flexibility index (Phi) is 7.09. The summed E-state index contributed by atoms with van der Waals surface area (Å²) in [6, 6.07) is 0. The van der Waals surface area contributed by atoms with Crippen molar-refractivity contribution >= 4 is 22.1 Å². The monoisotopic (exact) mass is 554 g/mol. The van der Waals surface area contributed by atoms with E-state index in [9.17, 15) is 32.8 Å². The van der Waals surface area contributed by atoms with Crippen LogP contribution < -0.4 is 0 Å². The van der Waals surface area contributed by atoms with Crippen LogP contribution in [0, 0.1) is 53.3 Å². The smallest absolute Gasteiger partial charge is 0.328 e. The fourth-order valence-corrected chi connectivity index (χ4v) is 11.6. The minimum Gasteiger partial charge on any atom is -0.481 e. The van der Waals surface area contributed by atoms with Crippen LogP contribution in [0.15, 0.2) is 0 Å². The van der Waals surface area contributed by atoms with Gasteiger partial charge in [-0.05, 0) is 105 Å². The molecule has 38 heavy (non-hydrogen) atoms. The first kappa shape index (κ1) is 27.0. The van der Waals surface area contributed by atoms with Gasteiger partial charge in [0.25, 0.3) is 10.1 Å². The number of aliphatic carboxylic acids is 2. The minimum atomic E-state index is -5.28. The highest BCUT2D eigenvalue weighted by Crippen LogP contribution is 2.60. The topological polar surface area (TPSA) is 147 Å². The quantitative estimate of drug-likeness (QED) is 0.306. The lowest BCUT2D eigenvalue weighted by Gasteiger charge is -2.35. The van der Waals surface area contributed by atoms with E-state index in [-0.39, 0.29) is 31.8 Å². The van der Waals surface area contributed by atoms with Gasteiger partial charge in [0.1, 0.15) is 0 Å². The van der Waals surface area contributed by atoms with E-state index >= 15 is 0 Å². The second kappa shape index (κ2) is 10.00. The van der Waals surface area contributed by atoms with Gasteiger partial charge in [-0.2, -0.15) is 8.42 Å². The van der Waals surface area contributed by atoms with Crippen molar-refractivity contribution in [2.75, 3.05) is 13.2 Å². The molecule has 12 unspecified atom stereocenters. The van der Waals surface area contributed by atoms with E-state index in [4.69, 9.17) is 9.47 Å². The van der Waals surface area contributed by atoms with Crippen molar-refractivity contribution in [2.24, 2.45) is 53.3 Å². The molecular weight excluding hydrogens is 512 g/mol. The molecule has 0 aromatic rings. The van der Waals surface area contributed by atoms with Crippen LogP contribution in [0.2, 0.25) is 0 Å². The molecule has 0 radical (unpaired) electrons. The van der Waals surface area contributed by atoms with Gasteiger partial charge in [-0.3, -0.25) is 14.1 Å². The van der Waals surface area contributed by atoms with Crippen molar-refractivity contribution < 1.29 is 42.2 Å². The lowest BCUT2D eigenvalue weighted by atomic mass is 9.80. The molecule has 6 rings (SSSR count). The van der Waals surface area contributed by atoms with E-state index in [1.54, 1.807) is 0 Å². The summed E-state index contributed by atoms with van der Waals surface area (Å²) in [7, 11) is -5.28. The number of ether oxygens (including phenoxy) is 2. The van der Waals surface area contributed by atoms with Gasteiger partial charge in [-0.25, -0.2) is 0 Å². The summed E-state index contributed by atoms with van der Waals surface area (Å²) < 4.78 is 44.7. The predicted molar refractivity (Wildman–Crippen MR) is 136 cm³/mol. The number of carboxylic acids is 2. The van der Waals surface area contributed by atoms with Crippen molar-refractivity contribution in [1.29, 1.82) is 0 Å². The first-order valence-electron chi connectivity index (χ1n) is 14.8. The van der Waals surface area contributed by atoms with Crippen LogP contribution >= 0.6 is 0 Å². The molecule has 0 heterocycles. The molecule has 6 aliphatic rings. The van der Waals surface area contributed by atoms with Crippen molar-refractivity contribution in [3.63, 3.8) is 0 Å². The number of hydrogen-bond donors (Lipinski definition) is 3. The Morgan fingerprint density at radius 1 is 0.763 bits per heavy atom. The Bertz CT molecular complexity index is 1040. The molecule has 0 amide bonds. The zero-order valence-corrected chi connectivity index (χ0v) is 22.8. The van der Waals surface area contributed by atoms with Crippen molar-refractivity contribution in [2.45, 2.75) is 94.0 Å². The highest BCUT2D eigenvalue weighted by molar-refractivity contribution is 7.88. The molecule has 0 saturated heterocycles. The van der Waals surface area contributed by atoms with Crippen LogP contribution in [0.5, 0.6) is 0 Å². The van der Waals surface area contributed by atoms with Crippen LogP contribution in [-0.4, -0.2) is 65.3 Å². The van der Waals surface area contributed by atoms with Crippen molar-refractivity contribution in [3.8, 4) is 0 Å². The van der Waals surface area contributed by atoms with E-state index in [1.807, 2.05) is 0 Å². The summed E-state index contributed by atoms with van der Waals surface area (Å²) in [4.78, 5) is 24.8. The summed E-state index contributed by atoms with van der Waals surface area (Å²) in [5.41, 5.74) is 0. The predicted octanol–water partition coefficient (Wildman–Crippen LogP) is 3.86. The van der Waals surface area contributed by atoms with Gasteiger partial charge in [0.05, 0.1) is 18.1 Å². The van der Waals surface area contributed by atoms with Gasteiger partial charge in [0.2, 0.25) is 4.75 Å². The molecule has 0 aliphatic heterocycles. The third kappa shape index (κ3) is 4.23. The third-order valence-corrected chi connectivity index (χ3v) is 13.5. The van der Waals surface area contributed by atoms with E-state index < -0.39 is 39.1 Å². The van der Waals surface area contributed by atoms with Gasteiger partial charge in [-0.1, -0.05) is 12.8 Å². The van der Waals surface area contributed by atoms with E-state index in [1.165, 1.54) is 38.5 Å². The van der Waals surface area contributed by atoms with Crippen LogP contribution in [-0.2, 0) is 29.2 Å². The second-order valence-electron chi connectivity index (χ2n) is 13.2. The molecule has 6 fully saturated rings. The summed E-state index contributed by atoms with van der Waals surface area (Å²) in [5.74, 6) is -0.341. The van der Waals surface area contributed by atoms with E-state index in [0.29, 0.717) is 35.5 Å². The number of hydrogen-bond acceptors (Lipinski definition) is 6. The zero-order chi connectivity index (χ0) is 26.8. The molecule has 4 bridgehead atoms. The molecule has 10 heteroatoms. The Balaban J connectivity index is 1.11. The molecule has 0 aromatic heterocycles. The first-order chi connectivity index (χ1) is 18.1. The SMILES string of the molecule is O=C(O)C(CCOC1CC2CC1C1CCCC21)C(CCOC1CC2CC1C1CCCC21)(C(=O)O)S(=O)(=O)O. The van der Waals surface area contributed by atoms with Gasteiger partial charge in [-0.15, -0.1) is 0 Å². The summed E-state index contributed by atoms with van der Waals surface area (Å²) >= 11 is 0. The Hall–Kier alpha value is -1.23. The summed E-state index contributed by atoms with van der Waals surface area (Å²) in [6.45, 7) is -0.277. The third-order valence-electron chi connectivity index (χ3n) is 12.0. The molecule has 3 N–H and O–H groups in total. The second-order valence-corrected chi connectivity index (χ2v) is 14.9. The van der Waals surface area contributed by atoms with Crippen molar-refractivity contribution in [1.82, 2.24) is 0 Å². The highest BCUT2D eigenvalue weighted by atomic mass is 32.2. The lowest BCUT2D eigenvalue weighted by Crippen LogP contribution is -2.56. The zero-order valence-electron chi connectivity index (χ0n) is 21.9. The highest BCUT2D eigenvalue weighted by Gasteiger charge is 2.60. The van der Waals surface area contributed by atoms with Gasteiger partial charge in [0.15, 0.2) is 0 Å². The maximum Gasteiger partial charge on any atom is 0.328 e. The summed E-state index contributed by atoms with van der Waals surface area (Å²) in [5, 5.41) is 20.1. The summed E-state index contributed by atoms with van der Waals surface area (Å²) in [6.07, 6.45) is 10.5. The average molecular weight is 555 g/mol. The average Bonchev–Trinajstić information content (AvgIpc) is 3.66. The molecule has 214 valence electrons. The first-order valence-corrected chi connectivity index (χ1v) is 16.2. The number of fused-ring (bicyclic) bond motifs is 10. The van der Waals surface area contributed by atoms with Crippen molar-refractivity contribution in [3.05, 3.63) is 0 Å². The molecule has 6 saturated carbocycles. The maximum absolute atomic E-state index is 12.6. The fourth-order valence-electron chi connectivity index (χ4n) is 10.5. The van der Waals surface area contributed by atoms with E-state index in [0.717, 1.165) is 37.5 Å². The molecular formula is C28H42O9S. The molecule has 0 aromatic carbocycles. The molecule has 6 aliphatic carbocycles. The molecule has 0 spiro atoms. The van der Waals surface area contributed by atoms with Gasteiger partial charge in [0, 0.05) is 19.6 Å². The minimum absolute atomic E-state index is 0.0132. The van der Waals surface area contributed by atoms with Crippen LogP contribution in [0.1, 0.15) is 77.0 Å². The maximum atomic E-state index is 12.6. The Morgan fingerprint density at radius 3 is 1.74 bits per heavy atom. The molecule has 12 atom stereocenters. The van der Waals surface area contributed by atoms with Gasteiger partial charge >= 0.3 is 11.9 Å². The Labute approximate surface area is 224 Å². The Morgan fingerprint density at radius 2 is 1.26 bits per heavy atom. The van der Waals surface area contributed by atoms with Crippen LogP contribution in [0.25, 0.3) is 0 Å². The number of rotatable bonds is 12. The fraction of sp³-hybridized carbons (Fsp3) is 0.929. The lowest BCUT2D eigenvalue weighted by molar-refractivity contribution is -0.154. The van der Waals surface area contributed by atoms with E-state index in [2.05, 4.69) is 0 Å². The largest absolute Gasteiger partial charge is 0.481 e.